The molecule has 78 valence electrons. The van der Waals surface area contributed by atoms with E-state index in [1.54, 1.807) is 0 Å². The van der Waals surface area contributed by atoms with Crippen LogP contribution in [0.15, 0.2) is 4.52 Å². The Morgan fingerprint density at radius 1 is 1.50 bits per heavy atom. The summed E-state index contributed by atoms with van der Waals surface area (Å²) >= 11 is 0. The molecule has 0 saturated carbocycles. The second kappa shape index (κ2) is 3.39. The molecule has 1 heterocycles. The fraction of sp³-hybridized carbons (Fsp3) is 0.727. The molecule has 0 aliphatic heterocycles. The maximum absolute atomic E-state index is 5.34. The van der Waals surface area contributed by atoms with Crippen molar-refractivity contribution in [2.45, 2.75) is 39.7 Å². The third kappa shape index (κ3) is 1.69. The van der Waals surface area contributed by atoms with E-state index >= 15 is 0 Å². The highest BCUT2D eigenvalue weighted by Crippen LogP contribution is 2.36. The highest BCUT2D eigenvalue weighted by molar-refractivity contribution is 5.27. The van der Waals surface area contributed by atoms with Crippen LogP contribution in [0.3, 0.4) is 0 Å². The first-order valence-electron chi connectivity index (χ1n) is 5.23. The van der Waals surface area contributed by atoms with Gasteiger partial charge in [0.05, 0.1) is 0 Å². The van der Waals surface area contributed by atoms with Crippen LogP contribution in [-0.4, -0.2) is 12.2 Å². The number of fused-ring (bicyclic) bond motifs is 1. The van der Waals surface area contributed by atoms with Gasteiger partial charge in [0.25, 0.3) is 0 Å². The monoisotopic (exact) mass is 194 g/mol. The van der Waals surface area contributed by atoms with Crippen molar-refractivity contribution in [1.29, 1.82) is 0 Å². The second-order valence-electron chi connectivity index (χ2n) is 4.90. The third-order valence-corrected chi connectivity index (χ3v) is 2.98. The molecule has 3 nitrogen and oxygen atoms in total. The van der Waals surface area contributed by atoms with Gasteiger partial charge in [0.15, 0.2) is 0 Å². The van der Waals surface area contributed by atoms with Gasteiger partial charge in [-0.05, 0) is 25.3 Å². The average molecular weight is 194 g/mol. The molecule has 0 spiro atoms. The first kappa shape index (κ1) is 9.71. The van der Waals surface area contributed by atoms with E-state index in [1.165, 1.54) is 12.0 Å². The molecule has 3 heteroatoms. The SMILES string of the molecule is CNCc1noc2c1CC(C)(C)CC2. The number of nitrogens with zero attached hydrogens (tertiary/aromatic N) is 1. The largest absolute Gasteiger partial charge is 0.361 e. The van der Waals surface area contributed by atoms with Gasteiger partial charge in [0, 0.05) is 18.5 Å². The number of aromatic nitrogens is 1. The number of rotatable bonds is 2. The van der Waals surface area contributed by atoms with Crippen LogP contribution in [0.25, 0.3) is 0 Å². The van der Waals surface area contributed by atoms with Crippen LogP contribution >= 0.6 is 0 Å². The lowest BCUT2D eigenvalue weighted by molar-refractivity contribution is 0.282. The molecule has 0 amide bonds. The number of hydrogen-bond acceptors (Lipinski definition) is 3. The standard InChI is InChI=1S/C11H18N2O/c1-11(2)5-4-10-8(6-11)9(7-12-3)13-14-10/h12H,4-7H2,1-3H3. The van der Waals surface area contributed by atoms with Crippen LogP contribution in [0, 0.1) is 5.41 Å². The number of aryl methyl sites for hydroxylation is 1. The van der Waals surface area contributed by atoms with Gasteiger partial charge in [-0.3, -0.25) is 0 Å². The summed E-state index contributed by atoms with van der Waals surface area (Å²) in [6, 6.07) is 0. The Morgan fingerprint density at radius 2 is 2.29 bits per heavy atom. The van der Waals surface area contributed by atoms with Crippen LogP contribution in [-0.2, 0) is 19.4 Å². The van der Waals surface area contributed by atoms with E-state index in [-0.39, 0.29) is 0 Å². The molecule has 0 atom stereocenters. The number of nitrogens with one attached hydrogen (secondary N) is 1. The molecule has 1 N–H and O–H groups in total. The van der Waals surface area contributed by atoms with Crippen molar-refractivity contribution in [2.24, 2.45) is 5.41 Å². The first-order chi connectivity index (χ1) is 6.62. The first-order valence-corrected chi connectivity index (χ1v) is 5.23. The van der Waals surface area contributed by atoms with Crippen molar-refractivity contribution in [3.63, 3.8) is 0 Å². The van der Waals surface area contributed by atoms with Gasteiger partial charge in [0.1, 0.15) is 11.5 Å². The van der Waals surface area contributed by atoms with Gasteiger partial charge in [-0.2, -0.15) is 0 Å². The van der Waals surface area contributed by atoms with E-state index < -0.39 is 0 Å². The van der Waals surface area contributed by atoms with E-state index in [0.29, 0.717) is 5.41 Å². The molecule has 1 aromatic heterocycles. The van der Waals surface area contributed by atoms with Gasteiger partial charge >= 0.3 is 0 Å². The zero-order valence-corrected chi connectivity index (χ0v) is 9.18. The van der Waals surface area contributed by atoms with Crippen LogP contribution < -0.4 is 5.32 Å². The molecule has 14 heavy (non-hydrogen) atoms. The quantitative estimate of drug-likeness (QED) is 0.781. The highest BCUT2D eigenvalue weighted by atomic mass is 16.5. The Bertz CT molecular complexity index is 328. The van der Waals surface area contributed by atoms with E-state index in [0.717, 1.165) is 30.8 Å². The Hall–Kier alpha value is -0.830. The molecule has 1 aliphatic carbocycles. The number of hydrogen-bond donors (Lipinski definition) is 1. The van der Waals surface area contributed by atoms with E-state index in [2.05, 4.69) is 24.3 Å². The summed E-state index contributed by atoms with van der Waals surface area (Å²) in [5, 5.41) is 7.24. The van der Waals surface area contributed by atoms with Crippen LogP contribution in [0.1, 0.15) is 37.3 Å². The lowest BCUT2D eigenvalue weighted by Gasteiger charge is -2.28. The second-order valence-corrected chi connectivity index (χ2v) is 4.90. The van der Waals surface area contributed by atoms with Crippen LogP contribution in [0.5, 0.6) is 0 Å². The van der Waals surface area contributed by atoms with E-state index in [9.17, 15) is 0 Å². The fourth-order valence-electron chi connectivity index (χ4n) is 2.10. The van der Waals surface area contributed by atoms with E-state index in [4.69, 9.17) is 4.52 Å². The zero-order valence-electron chi connectivity index (χ0n) is 9.18. The van der Waals surface area contributed by atoms with Crippen molar-refractivity contribution < 1.29 is 4.52 Å². The Labute approximate surface area is 84.9 Å². The Balaban J connectivity index is 2.28. The molecule has 1 aliphatic rings. The van der Waals surface area contributed by atoms with Crippen molar-refractivity contribution in [2.75, 3.05) is 7.05 Å². The molecule has 0 radical (unpaired) electrons. The smallest absolute Gasteiger partial charge is 0.140 e. The predicted molar refractivity (Wildman–Crippen MR) is 55.1 cm³/mol. The summed E-state index contributed by atoms with van der Waals surface area (Å²) in [6.07, 6.45) is 3.34. The van der Waals surface area contributed by atoms with Gasteiger partial charge in [0.2, 0.25) is 0 Å². The van der Waals surface area contributed by atoms with Crippen LogP contribution in [0.2, 0.25) is 0 Å². The zero-order chi connectivity index (χ0) is 10.2. The van der Waals surface area contributed by atoms with Crippen molar-refractivity contribution in [3.8, 4) is 0 Å². The summed E-state index contributed by atoms with van der Waals surface area (Å²) in [5.41, 5.74) is 2.84. The fourth-order valence-corrected chi connectivity index (χ4v) is 2.10. The average Bonchev–Trinajstić information content (AvgIpc) is 2.47. The van der Waals surface area contributed by atoms with Gasteiger partial charge < -0.3 is 9.84 Å². The van der Waals surface area contributed by atoms with Crippen molar-refractivity contribution in [3.05, 3.63) is 17.0 Å². The summed E-state index contributed by atoms with van der Waals surface area (Å²) in [4.78, 5) is 0. The maximum atomic E-state index is 5.34. The molecule has 0 fully saturated rings. The summed E-state index contributed by atoms with van der Waals surface area (Å²) in [5.74, 6) is 1.11. The molecule has 0 saturated heterocycles. The topological polar surface area (TPSA) is 38.1 Å². The summed E-state index contributed by atoms with van der Waals surface area (Å²) in [7, 11) is 1.94. The van der Waals surface area contributed by atoms with Gasteiger partial charge in [-0.15, -0.1) is 0 Å². The lowest BCUT2D eigenvalue weighted by atomic mass is 9.76. The molecule has 0 bridgehead atoms. The minimum Gasteiger partial charge on any atom is -0.361 e. The minimum absolute atomic E-state index is 0.404. The summed E-state index contributed by atoms with van der Waals surface area (Å²) in [6.45, 7) is 5.44. The Morgan fingerprint density at radius 3 is 3.00 bits per heavy atom. The van der Waals surface area contributed by atoms with Gasteiger partial charge in [-0.1, -0.05) is 19.0 Å². The van der Waals surface area contributed by atoms with Crippen LogP contribution in [0.4, 0.5) is 0 Å². The predicted octanol–water partition coefficient (Wildman–Crippen LogP) is 1.91. The normalized spacial score (nSPS) is 19.4. The molecule has 0 unspecified atom stereocenters. The molecule has 2 rings (SSSR count). The minimum atomic E-state index is 0.404. The van der Waals surface area contributed by atoms with E-state index in [1.807, 2.05) is 7.05 Å². The molecule has 0 aromatic carbocycles. The summed E-state index contributed by atoms with van der Waals surface area (Å²) < 4.78 is 5.34. The highest BCUT2D eigenvalue weighted by Gasteiger charge is 2.30. The van der Waals surface area contributed by atoms with Crippen molar-refractivity contribution in [1.82, 2.24) is 10.5 Å². The third-order valence-electron chi connectivity index (χ3n) is 2.98. The molecule has 1 aromatic rings. The molecular weight excluding hydrogens is 176 g/mol. The molecular formula is C11H18N2O. The van der Waals surface area contributed by atoms with Crippen molar-refractivity contribution >= 4 is 0 Å². The Kier molecular flexibility index (Phi) is 2.35. The maximum Gasteiger partial charge on any atom is 0.140 e. The van der Waals surface area contributed by atoms with Gasteiger partial charge in [-0.25, -0.2) is 0 Å². The lowest BCUT2D eigenvalue weighted by Crippen LogP contribution is -2.22.